The molecular weight excluding hydrogens is 216 g/mol. The predicted octanol–water partition coefficient (Wildman–Crippen LogP) is 3.31. The van der Waals surface area contributed by atoms with E-state index in [1.807, 2.05) is 0 Å². The Labute approximate surface area is 83.0 Å². The fourth-order valence-corrected chi connectivity index (χ4v) is 2.18. The van der Waals surface area contributed by atoms with Crippen LogP contribution in [0, 0.1) is 5.92 Å². The number of hydrogen-bond acceptors (Lipinski definition) is 1. The number of carbonyl (C=O) groups is 1. The average Bonchev–Trinajstić information content (AvgIpc) is 2.27. The second-order valence-corrected chi connectivity index (χ2v) is 4.39. The summed E-state index contributed by atoms with van der Waals surface area (Å²) in [4.78, 5) is 11.5. The molecule has 0 N–H and O–H groups in total. The number of Topliss-reactive ketones (excluding diaryl/α,β-unsaturated/α-hetero) is 1. The summed E-state index contributed by atoms with van der Waals surface area (Å²) < 4.78 is 0. The minimum absolute atomic E-state index is 0.394. The number of alkyl halides is 1. The van der Waals surface area contributed by atoms with Crippen LogP contribution in [0.4, 0.5) is 0 Å². The number of ketones is 1. The van der Waals surface area contributed by atoms with Crippen LogP contribution in [0.25, 0.3) is 0 Å². The Morgan fingerprint density at radius 2 is 2.17 bits per heavy atom. The second kappa shape index (κ2) is 5.74. The first-order valence-corrected chi connectivity index (χ1v) is 6.05. The van der Waals surface area contributed by atoms with Gasteiger partial charge in [-0.1, -0.05) is 28.8 Å². The first-order chi connectivity index (χ1) is 5.84. The lowest BCUT2D eigenvalue weighted by Gasteiger charge is -2.10. The lowest BCUT2D eigenvalue weighted by atomic mass is 9.94. The third-order valence-corrected chi connectivity index (χ3v) is 3.18. The summed E-state index contributed by atoms with van der Waals surface area (Å²) in [5.41, 5.74) is 0. The van der Waals surface area contributed by atoms with Crippen LogP contribution in [0.5, 0.6) is 0 Å². The van der Waals surface area contributed by atoms with Crippen molar-refractivity contribution >= 4 is 21.7 Å². The maximum atomic E-state index is 11.5. The van der Waals surface area contributed by atoms with Gasteiger partial charge in [-0.05, 0) is 25.7 Å². The summed E-state index contributed by atoms with van der Waals surface area (Å²) in [6, 6.07) is 0. The normalized spacial score (nSPS) is 25.4. The molecule has 0 amide bonds. The summed E-state index contributed by atoms with van der Waals surface area (Å²) in [5.74, 6) is 0.915. The molecule has 1 fully saturated rings. The highest BCUT2D eigenvalue weighted by Gasteiger charge is 2.19. The van der Waals surface area contributed by atoms with Crippen LogP contribution < -0.4 is 0 Å². The minimum atomic E-state index is 0.394. The zero-order valence-electron chi connectivity index (χ0n) is 7.52. The van der Waals surface area contributed by atoms with E-state index in [0.29, 0.717) is 11.7 Å². The van der Waals surface area contributed by atoms with Crippen molar-refractivity contribution in [2.45, 2.75) is 44.9 Å². The van der Waals surface area contributed by atoms with Crippen molar-refractivity contribution in [1.82, 2.24) is 0 Å². The molecule has 1 aliphatic carbocycles. The molecule has 1 nitrogen and oxygen atoms in total. The third kappa shape index (κ3) is 3.26. The maximum absolute atomic E-state index is 11.5. The first-order valence-electron chi connectivity index (χ1n) is 4.93. The van der Waals surface area contributed by atoms with Gasteiger partial charge in [-0.15, -0.1) is 0 Å². The summed E-state index contributed by atoms with van der Waals surface area (Å²) >= 11 is 3.40. The van der Waals surface area contributed by atoms with Gasteiger partial charge in [-0.3, -0.25) is 4.79 Å². The number of rotatable bonds is 3. The van der Waals surface area contributed by atoms with Crippen LogP contribution in [0.15, 0.2) is 0 Å². The van der Waals surface area contributed by atoms with Gasteiger partial charge in [0.15, 0.2) is 0 Å². The van der Waals surface area contributed by atoms with Gasteiger partial charge in [0, 0.05) is 17.7 Å². The van der Waals surface area contributed by atoms with E-state index >= 15 is 0 Å². The molecule has 2 heteroatoms. The molecule has 0 heterocycles. The van der Waals surface area contributed by atoms with Crippen molar-refractivity contribution in [1.29, 1.82) is 0 Å². The zero-order chi connectivity index (χ0) is 8.81. The first kappa shape index (κ1) is 10.2. The highest BCUT2D eigenvalue weighted by Crippen LogP contribution is 2.23. The van der Waals surface area contributed by atoms with Gasteiger partial charge in [0.1, 0.15) is 5.78 Å². The third-order valence-electron chi connectivity index (χ3n) is 2.62. The van der Waals surface area contributed by atoms with Crippen molar-refractivity contribution < 1.29 is 4.79 Å². The summed E-state index contributed by atoms with van der Waals surface area (Å²) in [6.07, 6.45) is 7.89. The van der Waals surface area contributed by atoms with Gasteiger partial charge in [-0.2, -0.15) is 0 Å². The van der Waals surface area contributed by atoms with E-state index in [-0.39, 0.29) is 0 Å². The Morgan fingerprint density at radius 1 is 1.33 bits per heavy atom. The van der Waals surface area contributed by atoms with Gasteiger partial charge >= 0.3 is 0 Å². The van der Waals surface area contributed by atoms with Gasteiger partial charge in [0.25, 0.3) is 0 Å². The lowest BCUT2D eigenvalue weighted by Crippen LogP contribution is -2.12. The average molecular weight is 233 g/mol. The van der Waals surface area contributed by atoms with Crippen molar-refractivity contribution in [2.24, 2.45) is 5.92 Å². The summed E-state index contributed by atoms with van der Waals surface area (Å²) in [5, 5.41) is 1.04. The monoisotopic (exact) mass is 232 g/mol. The lowest BCUT2D eigenvalue weighted by molar-refractivity contribution is -0.122. The molecule has 0 aromatic carbocycles. The Morgan fingerprint density at radius 3 is 2.92 bits per heavy atom. The molecule has 1 aliphatic rings. The van der Waals surface area contributed by atoms with Crippen LogP contribution in [-0.2, 0) is 4.79 Å². The quantitative estimate of drug-likeness (QED) is 0.539. The molecule has 12 heavy (non-hydrogen) atoms. The largest absolute Gasteiger partial charge is 0.299 e. The van der Waals surface area contributed by atoms with Gasteiger partial charge in [-0.25, -0.2) is 0 Å². The Balaban J connectivity index is 2.31. The highest BCUT2D eigenvalue weighted by atomic mass is 79.9. The Bertz CT molecular complexity index is 145. The molecular formula is C10H17BrO. The number of hydrogen-bond donors (Lipinski definition) is 0. The zero-order valence-corrected chi connectivity index (χ0v) is 9.11. The van der Waals surface area contributed by atoms with Crippen LogP contribution in [0.1, 0.15) is 44.9 Å². The fraction of sp³-hybridized carbons (Fsp3) is 0.900. The standard InChI is InChI=1S/C10H17BrO/c11-8-4-6-9-5-2-1-3-7-10(9)12/h9H,1-8H2. The van der Waals surface area contributed by atoms with Gasteiger partial charge in [0.05, 0.1) is 0 Å². The fourth-order valence-electron chi connectivity index (χ4n) is 1.86. The molecule has 1 rings (SSSR count). The van der Waals surface area contributed by atoms with E-state index in [1.165, 1.54) is 12.8 Å². The summed E-state index contributed by atoms with van der Waals surface area (Å²) in [6.45, 7) is 0. The SMILES string of the molecule is O=C1CCCCCC1CCCBr. The summed E-state index contributed by atoms with van der Waals surface area (Å²) in [7, 11) is 0. The van der Waals surface area contributed by atoms with Crippen LogP contribution in [-0.4, -0.2) is 11.1 Å². The molecule has 0 bridgehead atoms. The van der Waals surface area contributed by atoms with E-state index in [2.05, 4.69) is 15.9 Å². The van der Waals surface area contributed by atoms with Crippen LogP contribution in [0.2, 0.25) is 0 Å². The molecule has 0 aromatic heterocycles. The maximum Gasteiger partial charge on any atom is 0.135 e. The molecule has 70 valence electrons. The molecule has 0 aromatic rings. The predicted molar refractivity (Wildman–Crippen MR) is 54.6 cm³/mol. The highest BCUT2D eigenvalue weighted by molar-refractivity contribution is 9.09. The van der Waals surface area contributed by atoms with Crippen molar-refractivity contribution in [2.75, 3.05) is 5.33 Å². The van der Waals surface area contributed by atoms with E-state index in [9.17, 15) is 4.79 Å². The minimum Gasteiger partial charge on any atom is -0.299 e. The van der Waals surface area contributed by atoms with Gasteiger partial charge in [0.2, 0.25) is 0 Å². The molecule has 0 spiro atoms. The van der Waals surface area contributed by atoms with E-state index < -0.39 is 0 Å². The number of carbonyl (C=O) groups excluding carboxylic acids is 1. The van der Waals surface area contributed by atoms with E-state index in [4.69, 9.17) is 0 Å². The second-order valence-electron chi connectivity index (χ2n) is 3.59. The molecule has 1 atom stereocenters. The van der Waals surface area contributed by atoms with Crippen molar-refractivity contribution in [3.63, 3.8) is 0 Å². The Hall–Kier alpha value is 0.150. The topological polar surface area (TPSA) is 17.1 Å². The molecule has 0 aliphatic heterocycles. The van der Waals surface area contributed by atoms with Crippen LogP contribution in [0.3, 0.4) is 0 Å². The molecule has 1 unspecified atom stereocenters. The van der Waals surface area contributed by atoms with E-state index in [1.54, 1.807) is 0 Å². The molecule has 0 radical (unpaired) electrons. The Kier molecular flexibility index (Phi) is 4.89. The van der Waals surface area contributed by atoms with E-state index in [0.717, 1.165) is 37.4 Å². The molecule has 0 saturated heterocycles. The van der Waals surface area contributed by atoms with Crippen molar-refractivity contribution in [3.8, 4) is 0 Å². The molecule has 1 saturated carbocycles. The van der Waals surface area contributed by atoms with Gasteiger partial charge < -0.3 is 0 Å². The number of halogens is 1. The smallest absolute Gasteiger partial charge is 0.135 e. The van der Waals surface area contributed by atoms with Crippen molar-refractivity contribution in [3.05, 3.63) is 0 Å². The van der Waals surface area contributed by atoms with Crippen LogP contribution >= 0.6 is 15.9 Å².